The van der Waals surface area contributed by atoms with Crippen LogP contribution in [-0.2, 0) is 0 Å². The van der Waals surface area contributed by atoms with Crippen LogP contribution >= 0.6 is 0 Å². The summed E-state index contributed by atoms with van der Waals surface area (Å²) in [6, 6.07) is 0. The summed E-state index contributed by atoms with van der Waals surface area (Å²) in [6.45, 7) is 4.77. The molecular formula is C13H20O. The van der Waals surface area contributed by atoms with Gasteiger partial charge in [-0.15, -0.1) is 0 Å². The second-order valence-electron chi connectivity index (χ2n) is 5.98. The molecule has 1 fully saturated rings. The van der Waals surface area contributed by atoms with E-state index in [-0.39, 0.29) is 6.10 Å². The van der Waals surface area contributed by atoms with Gasteiger partial charge in [-0.2, -0.15) is 0 Å². The summed E-state index contributed by atoms with van der Waals surface area (Å²) in [5.41, 5.74) is 3.57. The highest BCUT2D eigenvalue weighted by molar-refractivity contribution is 5.34. The van der Waals surface area contributed by atoms with E-state index < -0.39 is 0 Å². The number of rotatable bonds is 0. The van der Waals surface area contributed by atoms with Crippen molar-refractivity contribution < 1.29 is 5.11 Å². The fourth-order valence-corrected chi connectivity index (χ4v) is 3.93. The van der Waals surface area contributed by atoms with Gasteiger partial charge in [-0.25, -0.2) is 0 Å². The Morgan fingerprint density at radius 2 is 2.14 bits per heavy atom. The van der Waals surface area contributed by atoms with Crippen LogP contribution in [0, 0.1) is 17.3 Å². The van der Waals surface area contributed by atoms with Crippen molar-refractivity contribution in [1.82, 2.24) is 0 Å². The van der Waals surface area contributed by atoms with Crippen molar-refractivity contribution in [1.29, 1.82) is 0 Å². The van der Waals surface area contributed by atoms with Crippen LogP contribution in [-0.4, -0.2) is 11.2 Å². The Kier molecular flexibility index (Phi) is 1.69. The molecule has 1 nitrogen and oxygen atoms in total. The van der Waals surface area contributed by atoms with Gasteiger partial charge in [0.2, 0.25) is 0 Å². The van der Waals surface area contributed by atoms with Gasteiger partial charge in [-0.3, -0.25) is 0 Å². The number of hydrogen-bond acceptors (Lipinski definition) is 1. The lowest BCUT2D eigenvalue weighted by Gasteiger charge is -2.59. The number of aliphatic hydroxyl groups is 1. The molecule has 0 amide bonds. The number of hydrogen-bond donors (Lipinski definition) is 1. The van der Waals surface area contributed by atoms with E-state index in [9.17, 15) is 5.11 Å². The summed E-state index contributed by atoms with van der Waals surface area (Å²) in [5, 5.41) is 10.1. The standard InChI is InChI=1S/C13H20O/c1-13(2)9-6-8-4-3-5-11(14)12(8)10(13)7-9/h9-11,14H,3-7H2,1-2H3/t9-,10-,11-/m0/s1. The first-order chi connectivity index (χ1) is 6.60. The van der Waals surface area contributed by atoms with E-state index in [2.05, 4.69) is 13.8 Å². The van der Waals surface area contributed by atoms with Crippen LogP contribution < -0.4 is 0 Å². The third kappa shape index (κ3) is 0.942. The van der Waals surface area contributed by atoms with Crippen LogP contribution in [0.5, 0.6) is 0 Å². The van der Waals surface area contributed by atoms with E-state index in [1.54, 1.807) is 5.57 Å². The highest BCUT2D eigenvalue weighted by atomic mass is 16.3. The van der Waals surface area contributed by atoms with E-state index in [1.807, 2.05) is 0 Å². The zero-order chi connectivity index (χ0) is 9.92. The smallest absolute Gasteiger partial charge is 0.0755 e. The van der Waals surface area contributed by atoms with Gasteiger partial charge in [-0.1, -0.05) is 19.4 Å². The van der Waals surface area contributed by atoms with Gasteiger partial charge < -0.3 is 5.11 Å². The predicted octanol–water partition coefficient (Wildman–Crippen LogP) is 2.89. The Morgan fingerprint density at radius 1 is 1.36 bits per heavy atom. The summed E-state index contributed by atoms with van der Waals surface area (Å²) in [6.07, 6.45) is 6.04. The van der Waals surface area contributed by atoms with E-state index in [4.69, 9.17) is 0 Å². The van der Waals surface area contributed by atoms with Crippen LogP contribution in [0.1, 0.15) is 46.0 Å². The van der Waals surface area contributed by atoms with Crippen molar-refractivity contribution in [2.75, 3.05) is 0 Å². The van der Waals surface area contributed by atoms with Gasteiger partial charge in [0.1, 0.15) is 0 Å². The summed E-state index contributed by atoms with van der Waals surface area (Å²) < 4.78 is 0. The molecule has 0 spiro atoms. The molecule has 0 aliphatic heterocycles. The third-order valence-electron chi connectivity index (χ3n) is 5.06. The van der Waals surface area contributed by atoms with Gasteiger partial charge in [0.25, 0.3) is 0 Å². The molecule has 2 bridgehead atoms. The molecule has 1 N–H and O–H groups in total. The van der Waals surface area contributed by atoms with Gasteiger partial charge in [0.15, 0.2) is 0 Å². The zero-order valence-corrected chi connectivity index (χ0v) is 9.21. The van der Waals surface area contributed by atoms with Crippen molar-refractivity contribution in [3.05, 3.63) is 11.1 Å². The first kappa shape index (κ1) is 8.96. The first-order valence-electron chi connectivity index (χ1n) is 6.00. The maximum absolute atomic E-state index is 10.1. The minimum absolute atomic E-state index is 0.0933. The molecule has 0 unspecified atom stereocenters. The van der Waals surface area contributed by atoms with Crippen LogP contribution in [0.15, 0.2) is 11.1 Å². The van der Waals surface area contributed by atoms with Crippen LogP contribution in [0.4, 0.5) is 0 Å². The second kappa shape index (κ2) is 2.63. The van der Waals surface area contributed by atoms with Crippen molar-refractivity contribution in [2.45, 2.75) is 52.1 Å². The van der Waals surface area contributed by atoms with Gasteiger partial charge in [0.05, 0.1) is 6.10 Å². The quantitative estimate of drug-likeness (QED) is 0.585. The Hall–Kier alpha value is -0.300. The topological polar surface area (TPSA) is 20.2 Å². The number of allylic oxidation sites excluding steroid dienone is 1. The monoisotopic (exact) mass is 192 g/mol. The Morgan fingerprint density at radius 3 is 2.86 bits per heavy atom. The van der Waals surface area contributed by atoms with Gasteiger partial charge in [-0.05, 0) is 54.9 Å². The molecule has 1 saturated carbocycles. The van der Waals surface area contributed by atoms with Gasteiger partial charge >= 0.3 is 0 Å². The van der Waals surface area contributed by atoms with E-state index >= 15 is 0 Å². The lowest BCUT2D eigenvalue weighted by molar-refractivity contribution is -0.0314. The van der Waals surface area contributed by atoms with Crippen molar-refractivity contribution in [2.24, 2.45) is 17.3 Å². The van der Waals surface area contributed by atoms with Crippen molar-refractivity contribution in [3.8, 4) is 0 Å². The highest BCUT2D eigenvalue weighted by Gasteiger charge is 2.54. The SMILES string of the molecule is CC1(C)[C@H]2CC3=C([C@@H](O)CCC3)[C@@H]1C2. The van der Waals surface area contributed by atoms with Crippen LogP contribution in [0.2, 0.25) is 0 Å². The van der Waals surface area contributed by atoms with Crippen molar-refractivity contribution in [3.63, 3.8) is 0 Å². The molecule has 0 saturated heterocycles. The fraction of sp³-hybridized carbons (Fsp3) is 0.846. The molecule has 0 aromatic heterocycles. The predicted molar refractivity (Wildman–Crippen MR) is 56.9 cm³/mol. The molecule has 1 heteroatoms. The maximum Gasteiger partial charge on any atom is 0.0755 e. The minimum atomic E-state index is -0.0933. The first-order valence-corrected chi connectivity index (χ1v) is 6.00. The molecule has 14 heavy (non-hydrogen) atoms. The molecule has 0 radical (unpaired) electrons. The number of aliphatic hydroxyl groups excluding tert-OH is 1. The average Bonchev–Trinajstić information content (AvgIpc) is 2.17. The van der Waals surface area contributed by atoms with E-state index in [1.165, 1.54) is 31.3 Å². The normalized spacial score (nSPS) is 44.4. The second-order valence-corrected chi connectivity index (χ2v) is 5.98. The largest absolute Gasteiger partial charge is 0.389 e. The molecule has 0 aromatic rings. The molecular weight excluding hydrogens is 172 g/mol. The zero-order valence-electron chi connectivity index (χ0n) is 9.21. The molecule has 78 valence electrons. The molecule has 3 atom stereocenters. The Balaban J connectivity index is 2.01. The molecule has 0 heterocycles. The lowest BCUT2D eigenvalue weighted by atomic mass is 9.46. The third-order valence-corrected chi connectivity index (χ3v) is 5.06. The molecule has 0 aromatic carbocycles. The summed E-state index contributed by atoms with van der Waals surface area (Å²) in [7, 11) is 0. The lowest BCUT2D eigenvalue weighted by Crippen LogP contribution is -2.52. The highest BCUT2D eigenvalue weighted by Crippen LogP contribution is 2.63. The van der Waals surface area contributed by atoms with Crippen LogP contribution in [0.25, 0.3) is 0 Å². The fourth-order valence-electron chi connectivity index (χ4n) is 3.93. The Bertz CT molecular complexity index is 300. The minimum Gasteiger partial charge on any atom is -0.389 e. The average molecular weight is 192 g/mol. The van der Waals surface area contributed by atoms with E-state index in [0.717, 1.165) is 12.3 Å². The maximum atomic E-state index is 10.1. The Labute approximate surface area is 86.2 Å². The molecule has 4 aliphatic carbocycles. The summed E-state index contributed by atoms with van der Waals surface area (Å²) in [5.74, 6) is 1.63. The van der Waals surface area contributed by atoms with E-state index in [0.29, 0.717) is 11.3 Å². The molecule has 4 rings (SSSR count). The van der Waals surface area contributed by atoms with Crippen molar-refractivity contribution >= 4 is 0 Å². The molecule has 4 aliphatic rings. The summed E-state index contributed by atoms with van der Waals surface area (Å²) >= 11 is 0. The van der Waals surface area contributed by atoms with Crippen LogP contribution in [0.3, 0.4) is 0 Å². The summed E-state index contributed by atoms with van der Waals surface area (Å²) in [4.78, 5) is 0. The van der Waals surface area contributed by atoms with Gasteiger partial charge in [0, 0.05) is 0 Å².